The predicted molar refractivity (Wildman–Crippen MR) is 126 cm³/mol. The summed E-state index contributed by atoms with van der Waals surface area (Å²) in [5.41, 5.74) is 0.259. The first kappa shape index (κ1) is 23.4. The average Bonchev–Trinajstić information content (AvgIpc) is 2.93. The number of carbonyl (C=O) groups excluding carboxylic acids is 1. The first-order valence-electron chi connectivity index (χ1n) is 11.2. The van der Waals surface area contributed by atoms with Crippen molar-refractivity contribution in [1.82, 2.24) is 0 Å². The first-order valence-corrected chi connectivity index (χ1v) is 11.2. The van der Waals surface area contributed by atoms with Gasteiger partial charge in [-0.2, -0.15) is 0 Å². The highest BCUT2D eigenvalue weighted by molar-refractivity contribution is 6.45. The number of para-hydroxylation sites is 1. The van der Waals surface area contributed by atoms with E-state index in [9.17, 15) is 4.79 Å². The van der Waals surface area contributed by atoms with Crippen molar-refractivity contribution in [2.24, 2.45) is 0 Å². The van der Waals surface area contributed by atoms with Crippen molar-refractivity contribution in [3.05, 3.63) is 54.6 Å². The third-order valence-electron chi connectivity index (χ3n) is 6.01. The van der Waals surface area contributed by atoms with Crippen LogP contribution >= 0.6 is 0 Å². The number of rotatable bonds is 10. The highest BCUT2D eigenvalue weighted by atomic mass is 16.7. The van der Waals surface area contributed by atoms with Crippen molar-refractivity contribution in [1.29, 1.82) is 0 Å². The van der Waals surface area contributed by atoms with E-state index in [0.717, 1.165) is 49.2 Å². The Bertz CT molecular complexity index is 820. The van der Waals surface area contributed by atoms with Crippen LogP contribution in [0.2, 0.25) is 6.32 Å². The van der Waals surface area contributed by atoms with Gasteiger partial charge >= 0.3 is 7.12 Å². The quantitative estimate of drug-likeness (QED) is 0.352. The van der Waals surface area contributed by atoms with Crippen molar-refractivity contribution in [3.63, 3.8) is 0 Å². The van der Waals surface area contributed by atoms with Gasteiger partial charge in [0.25, 0.3) is 0 Å². The molecule has 1 aliphatic heterocycles. The fraction of sp³-hybridized carbons (Fsp3) is 0.480. The number of carbonyl (C=O) groups is 1. The third-order valence-corrected chi connectivity index (χ3v) is 6.01. The maximum atomic E-state index is 12.2. The second-order valence-electron chi connectivity index (χ2n) is 9.13. The van der Waals surface area contributed by atoms with Gasteiger partial charge in [0, 0.05) is 12.1 Å². The Kier molecular flexibility index (Phi) is 7.79. The molecule has 3 rings (SSSR count). The van der Waals surface area contributed by atoms with Crippen LogP contribution in [0.1, 0.15) is 59.8 Å². The monoisotopic (exact) mass is 423 g/mol. The Morgan fingerprint density at radius 3 is 2.06 bits per heavy atom. The summed E-state index contributed by atoms with van der Waals surface area (Å²) in [6.07, 6.45) is 5.45. The zero-order valence-corrected chi connectivity index (χ0v) is 19.1. The van der Waals surface area contributed by atoms with E-state index in [4.69, 9.17) is 14.0 Å². The van der Waals surface area contributed by atoms with Gasteiger partial charge in [-0.1, -0.05) is 37.5 Å². The van der Waals surface area contributed by atoms with E-state index < -0.39 is 0 Å². The lowest BCUT2D eigenvalue weighted by Gasteiger charge is -2.32. The van der Waals surface area contributed by atoms with Gasteiger partial charge in [0.15, 0.2) is 0 Å². The van der Waals surface area contributed by atoms with Crippen LogP contribution in [0.25, 0.3) is 0 Å². The molecule has 0 radical (unpaired) electrons. The first-order chi connectivity index (χ1) is 14.7. The number of amides is 1. The summed E-state index contributed by atoms with van der Waals surface area (Å²) in [6, 6.07) is 17.1. The molecular weight excluding hydrogens is 389 g/mol. The summed E-state index contributed by atoms with van der Waals surface area (Å²) in [4.78, 5) is 12.2. The van der Waals surface area contributed by atoms with Crippen molar-refractivity contribution < 1.29 is 18.8 Å². The standard InChI is InChI=1S/C25H34BNO4/c1-24(2)25(3,4)31-26(30-24)19-11-6-5-10-14-23(28)27-20-15-17-22(18-16-20)29-21-12-8-7-9-13-21/h7-9,12-13,15-18H,5-6,10-11,14,19H2,1-4H3,(H,27,28). The van der Waals surface area contributed by atoms with Crippen LogP contribution in [0.15, 0.2) is 54.6 Å². The number of hydrogen-bond acceptors (Lipinski definition) is 4. The maximum Gasteiger partial charge on any atom is 0.457 e. The van der Waals surface area contributed by atoms with Gasteiger partial charge in [0.2, 0.25) is 5.91 Å². The summed E-state index contributed by atoms with van der Waals surface area (Å²) >= 11 is 0. The number of unbranched alkanes of at least 4 members (excludes halogenated alkanes) is 3. The van der Waals surface area contributed by atoms with Crippen molar-refractivity contribution in [3.8, 4) is 11.5 Å². The minimum Gasteiger partial charge on any atom is -0.457 e. The van der Waals surface area contributed by atoms with Gasteiger partial charge in [0.1, 0.15) is 11.5 Å². The molecule has 0 aliphatic carbocycles. The molecule has 5 nitrogen and oxygen atoms in total. The van der Waals surface area contributed by atoms with Gasteiger partial charge in [-0.25, -0.2) is 0 Å². The van der Waals surface area contributed by atoms with Crippen molar-refractivity contribution >= 4 is 18.7 Å². The van der Waals surface area contributed by atoms with Gasteiger partial charge < -0.3 is 19.4 Å². The molecule has 2 aromatic carbocycles. The Balaban J connectivity index is 1.28. The fourth-order valence-corrected chi connectivity index (χ4v) is 3.49. The van der Waals surface area contributed by atoms with Gasteiger partial charge in [-0.3, -0.25) is 4.79 Å². The van der Waals surface area contributed by atoms with E-state index in [1.807, 2.05) is 54.6 Å². The normalized spacial score (nSPS) is 16.8. The minimum atomic E-state index is -0.262. The average molecular weight is 423 g/mol. The maximum absolute atomic E-state index is 12.2. The molecule has 0 aromatic heterocycles. The third kappa shape index (κ3) is 6.84. The molecule has 0 spiro atoms. The van der Waals surface area contributed by atoms with Crippen LogP contribution in [0, 0.1) is 0 Å². The van der Waals surface area contributed by atoms with Crippen LogP contribution in [-0.2, 0) is 14.1 Å². The summed E-state index contributed by atoms with van der Waals surface area (Å²) in [6.45, 7) is 8.32. The highest BCUT2D eigenvalue weighted by Crippen LogP contribution is 2.38. The predicted octanol–water partition coefficient (Wildman–Crippen LogP) is 6.46. The fourth-order valence-electron chi connectivity index (χ4n) is 3.49. The number of nitrogens with one attached hydrogen (secondary N) is 1. The molecule has 1 N–H and O–H groups in total. The molecule has 0 bridgehead atoms. The largest absolute Gasteiger partial charge is 0.457 e. The van der Waals surface area contributed by atoms with Crippen LogP contribution in [0.5, 0.6) is 11.5 Å². The molecule has 0 atom stereocenters. The summed E-state index contributed by atoms with van der Waals surface area (Å²) in [5.74, 6) is 1.58. The number of benzene rings is 2. The minimum absolute atomic E-state index is 0.0442. The van der Waals surface area contributed by atoms with Crippen molar-refractivity contribution in [2.45, 2.75) is 77.3 Å². The zero-order valence-electron chi connectivity index (χ0n) is 19.1. The van der Waals surface area contributed by atoms with E-state index in [1.165, 1.54) is 0 Å². The summed E-state index contributed by atoms with van der Waals surface area (Å²) in [7, 11) is -0.123. The molecule has 1 amide bonds. The second kappa shape index (κ2) is 10.3. The smallest absolute Gasteiger partial charge is 0.457 e. The van der Waals surface area contributed by atoms with Gasteiger partial charge in [-0.05, 0) is 76.8 Å². The van der Waals surface area contributed by atoms with E-state index in [0.29, 0.717) is 6.42 Å². The van der Waals surface area contributed by atoms with Crippen LogP contribution in [0.3, 0.4) is 0 Å². The number of hydrogen-bond donors (Lipinski definition) is 1. The molecule has 1 aliphatic rings. The molecule has 31 heavy (non-hydrogen) atoms. The van der Waals surface area contributed by atoms with Crippen LogP contribution < -0.4 is 10.1 Å². The molecule has 2 aromatic rings. The molecule has 0 unspecified atom stereocenters. The van der Waals surface area contributed by atoms with Gasteiger partial charge in [-0.15, -0.1) is 0 Å². The highest BCUT2D eigenvalue weighted by Gasteiger charge is 2.50. The molecule has 166 valence electrons. The molecule has 1 saturated heterocycles. The van der Waals surface area contributed by atoms with E-state index in [-0.39, 0.29) is 24.2 Å². The lowest BCUT2D eigenvalue weighted by Crippen LogP contribution is -2.41. The van der Waals surface area contributed by atoms with Crippen LogP contribution in [-0.4, -0.2) is 24.2 Å². The Morgan fingerprint density at radius 2 is 1.42 bits per heavy atom. The van der Waals surface area contributed by atoms with Crippen molar-refractivity contribution in [2.75, 3.05) is 5.32 Å². The topological polar surface area (TPSA) is 56.8 Å². The SMILES string of the molecule is CC1(C)OB(CCCCCCC(=O)Nc2ccc(Oc3ccccc3)cc2)OC1(C)C. The Hall–Kier alpha value is -2.31. The Labute approximate surface area is 186 Å². The van der Waals surface area contributed by atoms with Crippen LogP contribution in [0.4, 0.5) is 5.69 Å². The molecular formula is C25H34BNO4. The summed E-state index contributed by atoms with van der Waals surface area (Å²) in [5, 5.41) is 2.95. The zero-order chi connectivity index (χ0) is 22.3. The van der Waals surface area contributed by atoms with Gasteiger partial charge in [0.05, 0.1) is 11.2 Å². The lowest BCUT2D eigenvalue weighted by molar-refractivity contribution is -0.116. The Morgan fingerprint density at radius 1 is 0.839 bits per heavy atom. The summed E-state index contributed by atoms with van der Waals surface area (Å²) < 4.78 is 17.8. The molecule has 1 heterocycles. The van der Waals surface area contributed by atoms with E-state index in [1.54, 1.807) is 0 Å². The number of ether oxygens (including phenoxy) is 1. The number of anilines is 1. The second-order valence-corrected chi connectivity index (χ2v) is 9.13. The van der Waals surface area contributed by atoms with E-state index in [2.05, 4.69) is 33.0 Å². The molecule has 0 saturated carbocycles. The lowest BCUT2D eigenvalue weighted by atomic mass is 9.82. The van der Waals surface area contributed by atoms with E-state index >= 15 is 0 Å². The molecule has 1 fully saturated rings. The molecule has 6 heteroatoms.